The second-order valence-corrected chi connectivity index (χ2v) is 10.1. The molecule has 2 amide bonds. The van der Waals surface area contributed by atoms with Crippen molar-refractivity contribution in [2.75, 3.05) is 26.8 Å². The average Bonchev–Trinajstić information content (AvgIpc) is 2.84. The maximum absolute atomic E-state index is 12.9. The monoisotopic (exact) mass is 604 g/mol. The Morgan fingerprint density at radius 3 is 2.57 bits per heavy atom. The van der Waals surface area contributed by atoms with Crippen LogP contribution in [0.15, 0.2) is 23.8 Å². The van der Waals surface area contributed by atoms with Crippen LogP contribution >= 0.6 is 22.6 Å². The summed E-state index contributed by atoms with van der Waals surface area (Å²) < 4.78 is 12.3. The van der Waals surface area contributed by atoms with Crippen molar-refractivity contribution in [2.24, 2.45) is 5.92 Å². The van der Waals surface area contributed by atoms with Gasteiger partial charge in [-0.25, -0.2) is 0 Å². The van der Waals surface area contributed by atoms with Crippen LogP contribution in [0.3, 0.4) is 0 Å². The smallest absolute Gasteiger partial charge is 0.247 e. The molecule has 0 fully saturated rings. The van der Waals surface area contributed by atoms with E-state index in [1.807, 2.05) is 0 Å². The minimum absolute atomic E-state index is 0.0915. The molecule has 0 saturated heterocycles. The number of halogens is 1. The fraction of sp³-hybridized carbons (Fsp3) is 0.600. The van der Waals surface area contributed by atoms with E-state index >= 15 is 0 Å². The molecule has 0 heterocycles. The van der Waals surface area contributed by atoms with Gasteiger partial charge in [-0.2, -0.15) is 0 Å². The van der Waals surface area contributed by atoms with E-state index in [1.54, 1.807) is 30.0 Å². The number of carbonyl (C=O) groups excluding carboxylic acids is 2. The second kappa shape index (κ2) is 14.0. The van der Waals surface area contributed by atoms with Gasteiger partial charge in [-0.3, -0.25) is 9.59 Å². The summed E-state index contributed by atoms with van der Waals surface area (Å²) >= 11 is 2.06. The van der Waals surface area contributed by atoms with Crippen molar-refractivity contribution in [1.82, 2.24) is 10.2 Å². The fourth-order valence-electron chi connectivity index (χ4n) is 3.97. The van der Waals surface area contributed by atoms with E-state index in [2.05, 4.69) is 41.8 Å². The highest BCUT2D eigenvalue weighted by atomic mass is 127. The molecule has 3 unspecified atom stereocenters. The maximum Gasteiger partial charge on any atom is 0.247 e. The first-order valence-electron chi connectivity index (χ1n) is 11.9. The van der Waals surface area contributed by atoms with Crippen molar-refractivity contribution in [1.29, 1.82) is 0 Å². The van der Waals surface area contributed by atoms with Crippen LogP contribution in [0.1, 0.15) is 45.6 Å². The van der Waals surface area contributed by atoms with Crippen LogP contribution in [0.4, 0.5) is 0 Å². The number of aliphatic hydroxyl groups excluding tert-OH is 3. The average molecular weight is 604 g/mol. The van der Waals surface area contributed by atoms with Gasteiger partial charge in [0, 0.05) is 31.5 Å². The number of aliphatic hydroxyl groups is 3. The van der Waals surface area contributed by atoms with E-state index in [0.717, 1.165) is 6.42 Å². The molecule has 196 valence electrons. The van der Waals surface area contributed by atoms with Crippen LogP contribution in [0.25, 0.3) is 0 Å². The molecule has 0 spiro atoms. The Labute approximate surface area is 220 Å². The maximum atomic E-state index is 12.9. The van der Waals surface area contributed by atoms with E-state index in [-0.39, 0.29) is 44.4 Å². The summed E-state index contributed by atoms with van der Waals surface area (Å²) in [6, 6.07) is 2.74. The largest absolute Gasteiger partial charge is 0.493 e. The van der Waals surface area contributed by atoms with Gasteiger partial charge in [-0.15, -0.1) is 0 Å². The normalized spacial score (nSPS) is 19.8. The number of rotatable bonds is 12. The van der Waals surface area contributed by atoms with E-state index in [4.69, 9.17) is 14.6 Å². The second-order valence-electron chi connectivity index (χ2n) is 8.91. The quantitative estimate of drug-likeness (QED) is 0.269. The summed E-state index contributed by atoms with van der Waals surface area (Å²) in [5, 5.41) is 32.7. The van der Waals surface area contributed by atoms with Crippen LogP contribution in [0.5, 0.6) is 11.5 Å². The highest BCUT2D eigenvalue weighted by molar-refractivity contribution is 14.1. The minimum Gasteiger partial charge on any atom is -0.493 e. The molecule has 9 nitrogen and oxygen atoms in total. The Bertz CT molecular complexity index is 906. The molecular formula is C25H37IN2O7. The van der Waals surface area contributed by atoms with Gasteiger partial charge in [0.25, 0.3) is 0 Å². The zero-order valence-corrected chi connectivity index (χ0v) is 22.9. The van der Waals surface area contributed by atoms with E-state index in [1.165, 1.54) is 7.11 Å². The van der Waals surface area contributed by atoms with Crippen molar-refractivity contribution in [2.45, 2.75) is 64.9 Å². The molecule has 1 aromatic carbocycles. The lowest BCUT2D eigenvalue weighted by Crippen LogP contribution is -2.55. The fourth-order valence-corrected chi connectivity index (χ4v) is 4.76. The minimum atomic E-state index is -1.09. The third-order valence-corrected chi connectivity index (χ3v) is 6.71. The summed E-state index contributed by atoms with van der Waals surface area (Å²) in [5.74, 6) is 0.626. The number of hydrogen-bond acceptors (Lipinski definition) is 7. The van der Waals surface area contributed by atoms with Crippen molar-refractivity contribution in [3.05, 3.63) is 32.9 Å². The Morgan fingerprint density at radius 1 is 1.29 bits per heavy atom. The number of ether oxygens (including phenoxy) is 2. The summed E-state index contributed by atoms with van der Waals surface area (Å²) in [4.78, 5) is 27.4. The van der Waals surface area contributed by atoms with Gasteiger partial charge in [0.1, 0.15) is 12.2 Å². The topological polar surface area (TPSA) is 129 Å². The van der Waals surface area contributed by atoms with Crippen LogP contribution in [0.2, 0.25) is 0 Å². The standard InChI is InChI=1S/C25H37IN2O7/c1-5-22(31)28(8-6-15(2)3)19-12-17(25(33)27-7-9-29)13-20(23(19)32)35-24-18(26)10-16(14-30)11-21(24)34-4/h10-11,13,15,19-20,23,29-30,32H,5-9,12,14H2,1-4H3,(H,27,33). The molecule has 0 radical (unpaired) electrons. The molecule has 0 bridgehead atoms. The molecule has 35 heavy (non-hydrogen) atoms. The molecule has 0 saturated carbocycles. The van der Waals surface area contributed by atoms with Crippen molar-refractivity contribution < 1.29 is 34.4 Å². The zero-order chi connectivity index (χ0) is 26.1. The molecule has 2 rings (SSSR count). The number of nitrogens with one attached hydrogen (secondary N) is 1. The molecule has 0 aromatic heterocycles. The zero-order valence-electron chi connectivity index (χ0n) is 20.8. The highest BCUT2D eigenvalue weighted by Crippen LogP contribution is 2.37. The first kappa shape index (κ1) is 29.3. The summed E-state index contributed by atoms with van der Waals surface area (Å²) in [7, 11) is 1.48. The lowest BCUT2D eigenvalue weighted by molar-refractivity contribution is -0.138. The summed E-state index contributed by atoms with van der Waals surface area (Å²) in [5.41, 5.74) is 1.02. The van der Waals surface area contributed by atoms with Crippen molar-refractivity contribution in [3.8, 4) is 11.5 Å². The molecule has 1 aromatic rings. The Balaban J connectivity index is 2.48. The lowest BCUT2D eigenvalue weighted by Gasteiger charge is -2.41. The third kappa shape index (κ3) is 7.80. The number of methoxy groups -OCH3 is 1. The first-order valence-corrected chi connectivity index (χ1v) is 13.0. The summed E-state index contributed by atoms with van der Waals surface area (Å²) in [6.45, 7) is 6.08. The highest BCUT2D eigenvalue weighted by Gasteiger charge is 2.40. The Kier molecular flexibility index (Phi) is 11.7. The Morgan fingerprint density at radius 2 is 2.00 bits per heavy atom. The van der Waals surface area contributed by atoms with Gasteiger partial charge in [-0.1, -0.05) is 20.8 Å². The first-order chi connectivity index (χ1) is 16.7. The van der Waals surface area contributed by atoms with Gasteiger partial charge in [0.2, 0.25) is 11.8 Å². The van der Waals surface area contributed by atoms with Crippen LogP contribution in [-0.4, -0.2) is 77.1 Å². The van der Waals surface area contributed by atoms with Gasteiger partial charge in [-0.05, 0) is 58.7 Å². The molecule has 3 atom stereocenters. The van der Waals surface area contributed by atoms with Crippen molar-refractivity contribution in [3.63, 3.8) is 0 Å². The van der Waals surface area contributed by atoms with Crippen molar-refractivity contribution >= 4 is 34.4 Å². The van der Waals surface area contributed by atoms with Gasteiger partial charge in [0.05, 0.1) is 29.9 Å². The number of hydrogen-bond donors (Lipinski definition) is 4. The van der Waals surface area contributed by atoms with Crippen LogP contribution in [-0.2, 0) is 16.2 Å². The van der Waals surface area contributed by atoms with E-state index in [9.17, 15) is 19.8 Å². The molecule has 10 heteroatoms. The van der Waals surface area contributed by atoms with Crippen LogP contribution < -0.4 is 14.8 Å². The Hall–Kier alpha value is -1.89. The third-order valence-electron chi connectivity index (χ3n) is 5.91. The number of nitrogens with zero attached hydrogens (tertiary/aromatic N) is 1. The molecular weight excluding hydrogens is 567 g/mol. The van der Waals surface area contributed by atoms with Crippen LogP contribution in [0, 0.1) is 9.49 Å². The number of carbonyl (C=O) groups is 2. The van der Waals surface area contributed by atoms with Gasteiger partial charge in [0.15, 0.2) is 11.5 Å². The predicted molar refractivity (Wildman–Crippen MR) is 140 cm³/mol. The van der Waals surface area contributed by atoms with Gasteiger partial charge < -0.3 is 35.0 Å². The molecule has 4 N–H and O–H groups in total. The number of benzene rings is 1. The van der Waals surface area contributed by atoms with E-state index in [0.29, 0.717) is 38.7 Å². The molecule has 1 aliphatic rings. The predicted octanol–water partition coefficient (Wildman–Crippen LogP) is 1.99. The van der Waals surface area contributed by atoms with Gasteiger partial charge >= 0.3 is 0 Å². The number of amides is 2. The van der Waals surface area contributed by atoms with E-state index < -0.39 is 18.2 Å². The molecule has 1 aliphatic carbocycles. The summed E-state index contributed by atoms with van der Waals surface area (Å²) in [6.07, 6.45) is 0.740. The lowest BCUT2D eigenvalue weighted by atomic mass is 9.87. The SMILES string of the molecule is CCC(=O)N(CCC(C)C)C1CC(C(=O)NCCO)=CC(Oc2c(I)cc(CO)cc2OC)C1O. The molecule has 0 aliphatic heterocycles.